The Morgan fingerprint density at radius 1 is 1.09 bits per heavy atom. The molecular weight excluding hydrogens is 163 g/mol. The SMILES string of the molecule is O=[P+]1OCC2(CCCC2)CO1. The lowest BCUT2D eigenvalue weighted by Gasteiger charge is -2.25. The number of hydrogen-bond donors (Lipinski definition) is 0. The van der Waals surface area contributed by atoms with Gasteiger partial charge in [-0.15, -0.1) is 9.05 Å². The first-order valence-corrected chi connectivity index (χ1v) is 5.13. The van der Waals surface area contributed by atoms with Crippen LogP contribution >= 0.6 is 8.25 Å². The predicted molar refractivity (Wildman–Crippen MR) is 40.4 cm³/mol. The zero-order valence-corrected chi connectivity index (χ0v) is 7.31. The normalized spacial score (nSPS) is 29.6. The van der Waals surface area contributed by atoms with Crippen molar-refractivity contribution in [2.75, 3.05) is 13.2 Å². The summed E-state index contributed by atoms with van der Waals surface area (Å²) in [6.07, 6.45) is 4.89. The maximum absolute atomic E-state index is 10.7. The Balaban J connectivity index is 1.99. The van der Waals surface area contributed by atoms with Crippen molar-refractivity contribution < 1.29 is 13.6 Å². The zero-order valence-electron chi connectivity index (χ0n) is 6.41. The van der Waals surface area contributed by atoms with E-state index in [2.05, 4.69) is 0 Å². The van der Waals surface area contributed by atoms with Crippen LogP contribution in [0.1, 0.15) is 25.7 Å². The van der Waals surface area contributed by atoms with Crippen LogP contribution in [-0.4, -0.2) is 13.2 Å². The molecule has 0 unspecified atom stereocenters. The van der Waals surface area contributed by atoms with Crippen LogP contribution in [0.25, 0.3) is 0 Å². The van der Waals surface area contributed by atoms with Crippen molar-refractivity contribution >= 4 is 8.25 Å². The third-order valence-electron chi connectivity index (χ3n) is 2.62. The van der Waals surface area contributed by atoms with Crippen molar-refractivity contribution in [3.63, 3.8) is 0 Å². The van der Waals surface area contributed by atoms with Gasteiger partial charge in [-0.25, -0.2) is 0 Å². The molecule has 0 aromatic rings. The minimum Gasteiger partial charge on any atom is -0.118 e. The third kappa shape index (κ3) is 1.46. The minimum absolute atomic E-state index is 0.225. The highest BCUT2D eigenvalue weighted by molar-refractivity contribution is 7.33. The number of rotatable bonds is 0. The van der Waals surface area contributed by atoms with Crippen LogP contribution in [0.5, 0.6) is 0 Å². The largest absolute Gasteiger partial charge is 0.697 e. The summed E-state index contributed by atoms with van der Waals surface area (Å²) in [6.45, 7) is 1.28. The van der Waals surface area contributed by atoms with Crippen molar-refractivity contribution in [1.82, 2.24) is 0 Å². The first-order valence-electron chi connectivity index (χ1n) is 4.04. The molecule has 0 aromatic carbocycles. The average molecular weight is 175 g/mol. The van der Waals surface area contributed by atoms with E-state index >= 15 is 0 Å². The lowest BCUT2D eigenvalue weighted by atomic mass is 9.89. The van der Waals surface area contributed by atoms with Crippen LogP contribution < -0.4 is 0 Å². The van der Waals surface area contributed by atoms with Gasteiger partial charge in [0.1, 0.15) is 13.2 Å². The quantitative estimate of drug-likeness (QED) is 0.529. The molecule has 2 rings (SSSR count). The van der Waals surface area contributed by atoms with Crippen LogP contribution in [0, 0.1) is 5.41 Å². The highest BCUT2D eigenvalue weighted by Crippen LogP contribution is 2.46. The molecule has 0 N–H and O–H groups in total. The van der Waals surface area contributed by atoms with E-state index in [9.17, 15) is 4.57 Å². The van der Waals surface area contributed by atoms with Crippen molar-refractivity contribution in [2.45, 2.75) is 25.7 Å². The second-order valence-electron chi connectivity index (χ2n) is 3.48. The van der Waals surface area contributed by atoms with E-state index in [1.54, 1.807) is 0 Å². The van der Waals surface area contributed by atoms with Crippen molar-refractivity contribution in [2.24, 2.45) is 5.41 Å². The van der Waals surface area contributed by atoms with Crippen LogP contribution in [0.3, 0.4) is 0 Å². The molecule has 1 aliphatic carbocycles. The molecule has 0 bridgehead atoms. The summed E-state index contributed by atoms with van der Waals surface area (Å²) < 4.78 is 20.7. The molecule has 1 spiro atoms. The fourth-order valence-electron chi connectivity index (χ4n) is 1.87. The Bertz CT molecular complexity index is 163. The second kappa shape index (κ2) is 2.81. The van der Waals surface area contributed by atoms with Crippen molar-refractivity contribution in [3.05, 3.63) is 0 Å². The average Bonchev–Trinajstić information content (AvgIpc) is 2.45. The Morgan fingerprint density at radius 2 is 1.64 bits per heavy atom. The van der Waals surface area contributed by atoms with E-state index in [0.29, 0.717) is 13.2 Å². The van der Waals surface area contributed by atoms with Crippen LogP contribution in [0.4, 0.5) is 0 Å². The monoisotopic (exact) mass is 175 g/mol. The van der Waals surface area contributed by atoms with Crippen LogP contribution in [0.15, 0.2) is 0 Å². The standard InChI is InChI=1S/C7H12O3P/c8-11-9-5-7(6-10-11)3-1-2-4-7/h1-6H2/q+1. The Morgan fingerprint density at radius 3 is 2.18 bits per heavy atom. The van der Waals surface area contributed by atoms with Gasteiger partial charge in [-0.3, -0.25) is 0 Å². The summed E-state index contributed by atoms with van der Waals surface area (Å²) in [5.74, 6) is 0. The molecule has 4 heteroatoms. The van der Waals surface area contributed by atoms with Gasteiger partial charge in [-0.05, 0) is 12.8 Å². The lowest BCUT2D eigenvalue weighted by molar-refractivity contribution is 0.0326. The topological polar surface area (TPSA) is 35.5 Å². The van der Waals surface area contributed by atoms with Gasteiger partial charge >= 0.3 is 8.25 Å². The molecular formula is C7H12O3P+. The molecule has 1 heterocycles. The Hall–Kier alpha value is 0.0200. The maximum Gasteiger partial charge on any atom is 0.697 e. The summed E-state index contributed by atoms with van der Waals surface area (Å²) in [5.41, 5.74) is 0.225. The lowest BCUT2D eigenvalue weighted by Crippen LogP contribution is -2.30. The molecule has 2 aliphatic rings. The van der Waals surface area contributed by atoms with Gasteiger partial charge in [-0.1, -0.05) is 12.8 Å². The molecule has 62 valence electrons. The Kier molecular flexibility index (Phi) is 1.96. The van der Waals surface area contributed by atoms with E-state index < -0.39 is 8.25 Å². The smallest absolute Gasteiger partial charge is 0.118 e. The van der Waals surface area contributed by atoms with Gasteiger partial charge in [0.25, 0.3) is 0 Å². The van der Waals surface area contributed by atoms with Gasteiger partial charge in [0.2, 0.25) is 0 Å². The molecule has 2 fully saturated rings. The van der Waals surface area contributed by atoms with Gasteiger partial charge in [-0.2, -0.15) is 0 Å². The fraction of sp³-hybridized carbons (Fsp3) is 1.00. The summed E-state index contributed by atoms with van der Waals surface area (Å²) in [6, 6.07) is 0. The molecule has 0 radical (unpaired) electrons. The fourth-order valence-corrected chi connectivity index (χ4v) is 2.70. The Labute approximate surface area is 67.0 Å². The summed E-state index contributed by atoms with van der Waals surface area (Å²) in [4.78, 5) is 0. The molecule has 11 heavy (non-hydrogen) atoms. The number of hydrogen-bond acceptors (Lipinski definition) is 3. The van der Waals surface area contributed by atoms with E-state index in [-0.39, 0.29) is 5.41 Å². The van der Waals surface area contributed by atoms with E-state index in [1.807, 2.05) is 0 Å². The maximum atomic E-state index is 10.7. The van der Waals surface area contributed by atoms with Gasteiger partial charge in [0, 0.05) is 9.98 Å². The van der Waals surface area contributed by atoms with E-state index in [1.165, 1.54) is 25.7 Å². The van der Waals surface area contributed by atoms with Crippen molar-refractivity contribution in [3.8, 4) is 0 Å². The first kappa shape index (κ1) is 7.66. The zero-order chi connectivity index (χ0) is 7.73. The van der Waals surface area contributed by atoms with E-state index in [4.69, 9.17) is 9.05 Å². The van der Waals surface area contributed by atoms with Crippen LogP contribution in [0.2, 0.25) is 0 Å². The van der Waals surface area contributed by atoms with Gasteiger partial charge < -0.3 is 0 Å². The first-order chi connectivity index (χ1) is 5.31. The van der Waals surface area contributed by atoms with Crippen LogP contribution in [-0.2, 0) is 13.6 Å². The minimum atomic E-state index is -1.78. The molecule has 3 nitrogen and oxygen atoms in total. The highest BCUT2D eigenvalue weighted by atomic mass is 31.1. The summed E-state index contributed by atoms with van der Waals surface area (Å²) >= 11 is 0. The van der Waals surface area contributed by atoms with Gasteiger partial charge in [0.05, 0.1) is 0 Å². The molecule has 0 atom stereocenters. The summed E-state index contributed by atoms with van der Waals surface area (Å²) in [7, 11) is -1.78. The third-order valence-corrected chi connectivity index (χ3v) is 3.30. The molecule has 1 saturated heterocycles. The van der Waals surface area contributed by atoms with E-state index in [0.717, 1.165) is 0 Å². The van der Waals surface area contributed by atoms with Crippen molar-refractivity contribution in [1.29, 1.82) is 0 Å². The highest BCUT2D eigenvalue weighted by Gasteiger charge is 2.45. The second-order valence-corrected chi connectivity index (χ2v) is 4.44. The van der Waals surface area contributed by atoms with Gasteiger partial charge in [0.15, 0.2) is 0 Å². The molecule has 0 aromatic heterocycles. The molecule has 1 aliphatic heterocycles. The predicted octanol–water partition coefficient (Wildman–Crippen LogP) is 2.25. The molecule has 1 saturated carbocycles. The molecule has 0 amide bonds. The summed E-state index contributed by atoms with van der Waals surface area (Å²) in [5, 5.41) is 0.